The molecule has 2 saturated heterocycles. The lowest BCUT2D eigenvalue weighted by Crippen LogP contribution is -2.64. The molecular formula is C64H88N2O18. The molecule has 0 saturated carbocycles. The van der Waals surface area contributed by atoms with Crippen molar-refractivity contribution in [1.82, 2.24) is 5.32 Å². The van der Waals surface area contributed by atoms with Crippen molar-refractivity contribution in [1.29, 1.82) is 0 Å². The molecule has 462 valence electrons. The largest absolute Gasteiger partial charge is 0.462 e. The first-order valence-electron chi connectivity index (χ1n) is 29.0. The van der Waals surface area contributed by atoms with E-state index in [0.717, 1.165) is 22.3 Å². The summed E-state index contributed by atoms with van der Waals surface area (Å²) in [6.07, 6.45) is 6.82. The van der Waals surface area contributed by atoms with Gasteiger partial charge in [-0.2, -0.15) is 0 Å². The second-order valence-corrected chi connectivity index (χ2v) is 22.3. The fraction of sp³-hybridized carbons (Fsp3) is 0.547. The second-order valence-electron chi connectivity index (χ2n) is 22.3. The molecule has 1 amide bonds. The number of ether oxygens (including phenoxy) is 6. The van der Waals surface area contributed by atoms with E-state index in [2.05, 4.69) is 10.5 Å². The fourth-order valence-electron chi connectivity index (χ4n) is 11.1. The van der Waals surface area contributed by atoms with E-state index in [4.69, 9.17) is 33.3 Å². The molecule has 2 aromatic carbocycles. The number of carbonyl (C=O) groups excluding carboxylic acids is 2. The number of rotatable bonds is 8. The van der Waals surface area contributed by atoms with Crippen LogP contribution < -0.4 is 5.32 Å². The smallest absolute Gasteiger partial charge is 0.407 e. The maximum Gasteiger partial charge on any atom is 0.407 e. The molecule has 2 fully saturated rings. The van der Waals surface area contributed by atoms with Gasteiger partial charge in [0.2, 0.25) is 0 Å². The molecule has 19 atom stereocenters. The number of aliphatic hydroxyl groups is 9. The van der Waals surface area contributed by atoms with Crippen molar-refractivity contribution in [3.8, 4) is 11.1 Å². The molecule has 1 aliphatic carbocycles. The van der Waals surface area contributed by atoms with Crippen LogP contribution in [-0.2, 0) is 38.1 Å². The molecule has 20 heteroatoms. The Hall–Kier alpha value is -5.69. The van der Waals surface area contributed by atoms with Gasteiger partial charge < -0.3 is 84.5 Å². The Balaban J connectivity index is 1.22. The Morgan fingerprint density at radius 2 is 1.26 bits per heavy atom. The highest BCUT2D eigenvalue weighted by atomic mass is 16.7. The maximum atomic E-state index is 13.6. The minimum atomic E-state index is -1.69. The monoisotopic (exact) mass is 1170 g/mol. The standard InChI is InChI=1S/C64H88N2O18/c1-39-23-17-15-13-11-9-7-8-10-12-14-16-18-24-46(83-62-61(76)58(60(75)42(4)82-62)66-63(77)80-38-52-49-27-21-19-25-47(49)48-26-20-22-28-50(48)52)34-56-51(37-65-79-6)55(72)36-64(78-5,84-56)35-45(69)32-54(71)53(70)30-29-43(67)31-44(68)33-57(73)81-41(3)40(2)59(39)74/h7-28,37,39-46,51-56,58-62,67-72,74-76H,29-36,38H2,1-6H3,(H,66,77)/b8-7?,11-9?,12-10?,15-13?,16-14?,23-17?,24-18?,65-37+/t39-,40-,41-,42+,43+,44+,45-,46-,51+,53+,54+,55-,56-,58-,59+,60+,61-,62-,64+/m0/s1. The first-order chi connectivity index (χ1) is 40.2. The van der Waals surface area contributed by atoms with Gasteiger partial charge in [0.05, 0.1) is 85.6 Å². The van der Waals surface area contributed by atoms with Gasteiger partial charge in [0, 0.05) is 50.5 Å². The molecular weight excluding hydrogens is 1080 g/mol. The highest BCUT2D eigenvalue weighted by Crippen LogP contribution is 2.45. The van der Waals surface area contributed by atoms with Crippen molar-refractivity contribution < 1.29 is 88.8 Å². The number of allylic oxidation sites excluding steroid dienone is 12. The summed E-state index contributed by atoms with van der Waals surface area (Å²) < 4.78 is 36.5. The van der Waals surface area contributed by atoms with Gasteiger partial charge in [-0.1, -0.05) is 153 Å². The summed E-state index contributed by atoms with van der Waals surface area (Å²) in [5, 5.41) is 108. The Kier molecular flexibility index (Phi) is 26.7. The number of amides is 1. The molecule has 2 bridgehead atoms. The molecule has 0 spiro atoms. The maximum absolute atomic E-state index is 13.6. The van der Waals surface area contributed by atoms with Crippen molar-refractivity contribution in [2.24, 2.45) is 22.9 Å². The number of fused-ring (bicyclic) bond motifs is 5. The van der Waals surface area contributed by atoms with Gasteiger partial charge in [-0.15, -0.1) is 0 Å². The molecule has 20 nitrogen and oxygen atoms in total. The summed E-state index contributed by atoms with van der Waals surface area (Å²) in [4.78, 5) is 31.4. The summed E-state index contributed by atoms with van der Waals surface area (Å²) in [5.74, 6) is -4.25. The molecule has 84 heavy (non-hydrogen) atoms. The summed E-state index contributed by atoms with van der Waals surface area (Å²) in [6, 6.07) is 14.5. The molecule has 2 aromatic rings. The van der Waals surface area contributed by atoms with Crippen molar-refractivity contribution >= 4 is 18.3 Å². The van der Waals surface area contributed by atoms with Crippen LogP contribution >= 0.6 is 0 Å². The molecule has 3 heterocycles. The number of nitrogens with zero attached hydrogens (tertiary/aromatic N) is 1. The third kappa shape index (κ3) is 19.4. The number of oxime groups is 1. The van der Waals surface area contributed by atoms with E-state index < -0.39 is 128 Å². The number of hydrogen-bond donors (Lipinski definition) is 10. The van der Waals surface area contributed by atoms with E-state index in [0.29, 0.717) is 0 Å². The highest BCUT2D eigenvalue weighted by molar-refractivity contribution is 5.79. The number of hydrogen-bond acceptors (Lipinski definition) is 19. The average Bonchev–Trinajstić information content (AvgIpc) is 2.14. The molecule has 6 rings (SSSR count). The van der Waals surface area contributed by atoms with Crippen LogP contribution in [0.25, 0.3) is 11.1 Å². The molecule has 0 unspecified atom stereocenters. The zero-order valence-electron chi connectivity index (χ0n) is 48.8. The van der Waals surface area contributed by atoms with Crippen LogP contribution in [0, 0.1) is 17.8 Å². The van der Waals surface area contributed by atoms with Crippen LogP contribution in [-0.4, -0.2) is 183 Å². The van der Waals surface area contributed by atoms with E-state index in [1.54, 1.807) is 51.2 Å². The Morgan fingerprint density at radius 3 is 1.87 bits per heavy atom. The predicted octanol–water partition coefficient (Wildman–Crippen LogP) is 5.49. The van der Waals surface area contributed by atoms with Gasteiger partial charge in [-0.25, -0.2) is 4.79 Å². The number of esters is 1. The molecule has 3 aliphatic heterocycles. The molecule has 10 N–H and O–H groups in total. The normalized spacial score (nSPS) is 35.7. The van der Waals surface area contributed by atoms with E-state index in [-0.39, 0.29) is 63.4 Å². The lowest BCUT2D eigenvalue weighted by molar-refractivity contribution is -0.313. The summed E-state index contributed by atoms with van der Waals surface area (Å²) in [6.45, 7) is 6.82. The summed E-state index contributed by atoms with van der Waals surface area (Å²) in [5.41, 5.74) is 4.11. The number of alkyl carbamates (subject to hydrolysis) is 1. The first kappa shape index (κ1) is 67.4. The third-order valence-electron chi connectivity index (χ3n) is 16.1. The Bertz CT molecular complexity index is 2570. The average molecular weight is 1170 g/mol. The lowest BCUT2D eigenvalue weighted by atomic mass is 9.83. The fourth-order valence-corrected chi connectivity index (χ4v) is 11.1. The zero-order valence-corrected chi connectivity index (χ0v) is 48.8. The van der Waals surface area contributed by atoms with E-state index in [1.807, 2.05) is 110 Å². The Labute approximate surface area is 492 Å². The minimum Gasteiger partial charge on any atom is -0.462 e. The van der Waals surface area contributed by atoms with E-state index in [1.165, 1.54) is 20.4 Å². The van der Waals surface area contributed by atoms with Crippen LogP contribution in [0.15, 0.2) is 139 Å². The number of nitrogens with one attached hydrogen (secondary N) is 1. The second kappa shape index (κ2) is 33.3. The number of cyclic esters (lactones) is 1. The van der Waals surface area contributed by atoms with Crippen LogP contribution in [0.3, 0.4) is 0 Å². The number of benzene rings is 2. The summed E-state index contributed by atoms with van der Waals surface area (Å²) >= 11 is 0. The van der Waals surface area contributed by atoms with E-state index in [9.17, 15) is 55.5 Å². The Morgan fingerprint density at radius 1 is 0.667 bits per heavy atom. The van der Waals surface area contributed by atoms with Gasteiger partial charge in [0.25, 0.3) is 0 Å². The van der Waals surface area contributed by atoms with Gasteiger partial charge >= 0.3 is 12.1 Å². The van der Waals surface area contributed by atoms with Crippen molar-refractivity contribution in [3.05, 3.63) is 145 Å². The third-order valence-corrected chi connectivity index (χ3v) is 16.1. The van der Waals surface area contributed by atoms with Gasteiger partial charge in [-0.3, -0.25) is 4.79 Å². The van der Waals surface area contributed by atoms with Gasteiger partial charge in [-0.05, 0) is 55.4 Å². The van der Waals surface area contributed by atoms with E-state index >= 15 is 0 Å². The molecule has 0 aromatic heterocycles. The lowest BCUT2D eigenvalue weighted by Gasteiger charge is -2.47. The number of methoxy groups -OCH3 is 1. The highest BCUT2D eigenvalue weighted by Gasteiger charge is 2.50. The molecule has 4 aliphatic rings. The van der Waals surface area contributed by atoms with Crippen LogP contribution in [0.5, 0.6) is 0 Å². The zero-order chi connectivity index (χ0) is 60.9. The number of aliphatic hydroxyl groups excluding tert-OH is 9. The van der Waals surface area contributed by atoms with Gasteiger partial charge in [0.1, 0.15) is 32.0 Å². The van der Waals surface area contributed by atoms with Crippen LogP contribution in [0.4, 0.5) is 4.79 Å². The predicted molar refractivity (Wildman–Crippen MR) is 314 cm³/mol. The SMILES string of the molecule is CO/N=C/[C@H]1[C@@H]2C[C@@H](O[C@@H]3O[C@H](C)[C@@H](O)[C@H](NC(=O)OCC4c5ccccc5-c5ccccc54)[C@@H]3O)C=CC=CC=CC=CC=CC=CC=C[C@H](C)[C@@H](O)[C@@H](C)[C@H](C)OC(=O)C[C@H](O)C[C@H](O)CC[C@@H](O)[C@H](O)C[C@H](O)C[C@](OC)(C[C@@H]1O)O2. The minimum absolute atomic E-state index is 0.0151. The van der Waals surface area contributed by atoms with Crippen molar-refractivity contribution in [2.75, 3.05) is 20.8 Å². The quantitative estimate of drug-likeness (QED) is 0.0887. The van der Waals surface area contributed by atoms with Crippen molar-refractivity contribution in [3.63, 3.8) is 0 Å². The van der Waals surface area contributed by atoms with Gasteiger partial charge in [0.15, 0.2) is 12.1 Å². The van der Waals surface area contributed by atoms with Crippen LogP contribution in [0.2, 0.25) is 0 Å². The summed E-state index contributed by atoms with van der Waals surface area (Å²) in [7, 11) is 2.67. The van der Waals surface area contributed by atoms with Crippen LogP contribution in [0.1, 0.15) is 96.1 Å². The molecule has 0 radical (unpaired) electrons. The number of carbonyl (C=O) groups is 2. The van der Waals surface area contributed by atoms with Crippen molar-refractivity contribution in [2.45, 2.75) is 182 Å². The topological polar surface area (TPSA) is 305 Å². The first-order valence-corrected chi connectivity index (χ1v) is 29.0.